The van der Waals surface area contributed by atoms with Gasteiger partial charge in [0.1, 0.15) is 11.6 Å². The number of aromatic amines is 1. The molecule has 1 heterocycles. The number of amides is 1. The number of carbonyl (C=O) groups is 1. The Hall–Kier alpha value is -3.08. The Bertz CT molecular complexity index is 1250. The number of carbonyl (C=O) groups excluding carboxylic acids is 1. The van der Waals surface area contributed by atoms with Gasteiger partial charge in [-0.1, -0.05) is 41.9 Å². The van der Waals surface area contributed by atoms with Crippen molar-refractivity contribution in [2.45, 2.75) is 13.0 Å². The highest BCUT2D eigenvalue weighted by Gasteiger charge is 2.24. The van der Waals surface area contributed by atoms with Gasteiger partial charge in [0.05, 0.1) is 11.0 Å². The molecule has 11 heteroatoms. The van der Waals surface area contributed by atoms with Gasteiger partial charge in [-0.3, -0.25) is 19.1 Å². The van der Waals surface area contributed by atoms with Gasteiger partial charge in [0.15, 0.2) is 12.3 Å². The molecule has 33 heavy (non-hydrogen) atoms. The second kappa shape index (κ2) is 11.2. The van der Waals surface area contributed by atoms with Crippen LogP contribution in [0.3, 0.4) is 0 Å². The SMILES string of the molecule is Nc1c(N(CCCO)C(=O)COc2ccc(Cl)cc2Br)c(=O)[nH]c(=O)n1Cc1ccccc1. The summed E-state index contributed by atoms with van der Waals surface area (Å²) in [7, 11) is 0. The Kier molecular flexibility index (Phi) is 8.32. The first-order valence-electron chi connectivity index (χ1n) is 9.97. The number of nitrogens with two attached hydrogens (primary N) is 1. The highest BCUT2D eigenvalue weighted by molar-refractivity contribution is 9.10. The largest absolute Gasteiger partial charge is 0.483 e. The number of nitrogens with one attached hydrogen (secondary N) is 1. The summed E-state index contributed by atoms with van der Waals surface area (Å²) in [6, 6.07) is 13.9. The van der Waals surface area contributed by atoms with Crippen molar-refractivity contribution in [1.29, 1.82) is 0 Å². The number of nitrogen functional groups attached to an aromatic ring is 1. The molecule has 0 saturated carbocycles. The van der Waals surface area contributed by atoms with Gasteiger partial charge in [0, 0.05) is 18.2 Å². The number of halogens is 2. The Morgan fingerprint density at radius 1 is 1.21 bits per heavy atom. The van der Waals surface area contributed by atoms with Gasteiger partial charge in [-0.15, -0.1) is 0 Å². The Morgan fingerprint density at radius 2 is 1.94 bits per heavy atom. The second-order valence-electron chi connectivity index (χ2n) is 7.05. The second-order valence-corrected chi connectivity index (χ2v) is 8.34. The third-order valence-electron chi connectivity index (χ3n) is 4.75. The number of aliphatic hydroxyl groups excluding tert-OH is 1. The summed E-state index contributed by atoms with van der Waals surface area (Å²) in [6.45, 7) is -0.528. The first-order chi connectivity index (χ1) is 15.8. The number of hydrogen-bond donors (Lipinski definition) is 3. The van der Waals surface area contributed by atoms with Crippen molar-refractivity contribution in [3.8, 4) is 5.75 Å². The van der Waals surface area contributed by atoms with Crippen LogP contribution in [0.25, 0.3) is 0 Å². The van der Waals surface area contributed by atoms with Crippen LogP contribution in [0.1, 0.15) is 12.0 Å². The van der Waals surface area contributed by atoms with Crippen molar-refractivity contribution in [2.24, 2.45) is 0 Å². The predicted molar refractivity (Wildman–Crippen MR) is 130 cm³/mol. The van der Waals surface area contributed by atoms with Gasteiger partial charge in [0.25, 0.3) is 11.5 Å². The van der Waals surface area contributed by atoms with Crippen LogP contribution in [-0.4, -0.2) is 40.3 Å². The minimum atomic E-state index is -0.805. The van der Waals surface area contributed by atoms with Crippen LogP contribution in [0.2, 0.25) is 5.02 Å². The normalized spacial score (nSPS) is 10.8. The monoisotopic (exact) mass is 536 g/mol. The molecule has 0 spiro atoms. The molecule has 4 N–H and O–H groups in total. The van der Waals surface area contributed by atoms with Gasteiger partial charge in [-0.2, -0.15) is 0 Å². The van der Waals surface area contributed by atoms with Crippen LogP contribution in [0.15, 0.2) is 62.6 Å². The van der Waals surface area contributed by atoms with Crippen molar-refractivity contribution in [1.82, 2.24) is 9.55 Å². The molecule has 1 aromatic heterocycles. The van der Waals surface area contributed by atoms with Crippen LogP contribution in [0.5, 0.6) is 5.75 Å². The van der Waals surface area contributed by atoms with Gasteiger partial charge < -0.3 is 20.5 Å². The van der Waals surface area contributed by atoms with E-state index in [-0.39, 0.29) is 37.6 Å². The molecule has 0 atom stereocenters. The maximum atomic E-state index is 13.0. The summed E-state index contributed by atoms with van der Waals surface area (Å²) in [4.78, 5) is 41.5. The standard InChI is InChI=1S/C22H22BrClN4O5/c23-16-11-15(24)7-8-17(16)33-13-18(30)27(9-4-10-29)19-20(25)28(22(32)26-21(19)31)12-14-5-2-1-3-6-14/h1-3,5-8,11,29H,4,9-10,12-13,25H2,(H,26,31,32). The van der Waals surface area contributed by atoms with E-state index in [2.05, 4.69) is 20.9 Å². The molecule has 0 saturated heterocycles. The smallest absolute Gasteiger partial charge is 0.330 e. The molecule has 0 bridgehead atoms. The molecule has 2 aromatic carbocycles. The minimum Gasteiger partial charge on any atom is -0.483 e. The molecule has 3 aromatic rings. The Balaban J connectivity index is 1.93. The lowest BCUT2D eigenvalue weighted by molar-refractivity contribution is -0.120. The first kappa shape index (κ1) is 24.6. The van der Waals surface area contributed by atoms with Crippen molar-refractivity contribution in [3.05, 3.63) is 84.4 Å². The van der Waals surface area contributed by atoms with Crippen molar-refractivity contribution >= 4 is 44.9 Å². The molecular formula is C22H22BrClN4O5. The maximum Gasteiger partial charge on any atom is 0.330 e. The fraction of sp³-hybridized carbons (Fsp3) is 0.227. The van der Waals surface area contributed by atoms with Gasteiger partial charge in [-0.25, -0.2) is 4.79 Å². The average molecular weight is 538 g/mol. The van der Waals surface area contributed by atoms with Crippen LogP contribution in [0, 0.1) is 0 Å². The van der Waals surface area contributed by atoms with E-state index in [1.54, 1.807) is 18.2 Å². The Labute approximate surface area is 202 Å². The van der Waals surface area contributed by atoms with Crippen LogP contribution >= 0.6 is 27.5 Å². The molecule has 1 amide bonds. The first-order valence-corrected chi connectivity index (χ1v) is 11.1. The molecule has 0 aliphatic rings. The third kappa shape index (κ3) is 6.04. The van der Waals surface area contributed by atoms with E-state index in [0.29, 0.717) is 15.2 Å². The number of H-pyrrole nitrogens is 1. The number of aliphatic hydroxyl groups is 1. The molecule has 0 aliphatic heterocycles. The van der Waals surface area contributed by atoms with E-state index in [0.717, 1.165) is 10.5 Å². The summed E-state index contributed by atoms with van der Waals surface area (Å²) in [5, 5.41) is 9.78. The molecular weight excluding hydrogens is 516 g/mol. The number of benzene rings is 2. The molecule has 0 radical (unpaired) electrons. The lowest BCUT2D eigenvalue weighted by Crippen LogP contribution is -2.43. The minimum absolute atomic E-state index is 0.00268. The van der Waals surface area contributed by atoms with Gasteiger partial charge in [0.2, 0.25) is 0 Å². The molecule has 0 fully saturated rings. The molecule has 3 rings (SSSR count). The van der Waals surface area contributed by atoms with Gasteiger partial charge in [-0.05, 0) is 46.1 Å². The quantitative estimate of drug-likeness (QED) is 0.384. The van der Waals surface area contributed by atoms with E-state index in [4.69, 9.17) is 22.1 Å². The highest BCUT2D eigenvalue weighted by atomic mass is 79.9. The maximum absolute atomic E-state index is 13.0. The van der Waals surface area contributed by atoms with E-state index in [9.17, 15) is 19.5 Å². The molecule has 0 unspecified atom stereocenters. The van der Waals surface area contributed by atoms with E-state index < -0.39 is 23.8 Å². The zero-order valence-electron chi connectivity index (χ0n) is 17.5. The van der Waals surface area contributed by atoms with Crippen molar-refractivity contribution in [2.75, 3.05) is 30.4 Å². The number of rotatable bonds is 9. The lowest BCUT2D eigenvalue weighted by Gasteiger charge is -2.24. The molecule has 174 valence electrons. The highest BCUT2D eigenvalue weighted by Crippen LogP contribution is 2.28. The fourth-order valence-electron chi connectivity index (χ4n) is 3.16. The predicted octanol–water partition coefficient (Wildman–Crippen LogP) is 2.38. The number of nitrogens with zero attached hydrogens (tertiary/aromatic N) is 2. The molecule has 9 nitrogen and oxygen atoms in total. The number of hydrogen-bond acceptors (Lipinski definition) is 6. The van der Waals surface area contributed by atoms with Crippen LogP contribution in [-0.2, 0) is 11.3 Å². The van der Waals surface area contributed by atoms with E-state index in [1.165, 1.54) is 4.57 Å². The number of aromatic nitrogens is 2. The van der Waals surface area contributed by atoms with E-state index in [1.807, 2.05) is 30.3 Å². The zero-order chi connectivity index (χ0) is 24.0. The summed E-state index contributed by atoms with van der Waals surface area (Å²) < 4.78 is 7.32. The lowest BCUT2D eigenvalue weighted by atomic mass is 10.2. The van der Waals surface area contributed by atoms with Crippen LogP contribution in [0.4, 0.5) is 11.5 Å². The number of anilines is 2. The zero-order valence-corrected chi connectivity index (χ0v) is 19.8. The van der Waals surface area contributed by atoms with Gasteiger partial charge >= 0.3 is 5.69 Å². The summed E-state index contributed by atoms with van der Waals surface area (Å²) in [5.74, 6) is -0.357. The van der Waals surface area contributed by atoms with Crippen molar-refractivity contribution in [3.63, 3.8) is 0 Å². The summed E-state index contributed by atoms with van der Waals surface area (Å²) in [5.41, 5.74) is 5.32. The Morgan fingerprint density at radius 3 is 2.61 bits per heavy atom. The van der Waals surface area contributed by atoms with Crippen LogP contribution < -0.4 is 26.6 Å². The topological polar surface area (TPSA) is 131 Å². The third-order valence-corrected chi connectivity index (χ3v) is 5.61. The fourth-order valence-corrected chi connectivity index (χ4v) is 3.96. The van der Waals surface area contributed by atoms with E-state index >= 15 is 0 Å². The summed E-state index contributed by atoms with van der Waals surface area (Å²) >= 11 is 9.24. The number of ether oxygens (including phenoxy) is 1. The summed E-state index contributed by atoms with van der Waals surface area (Å²) in [6.07, 6.45) is 0.188. The molecule has 0 aliphatic carbocycles. The average Bonchev–Trinajstić information content (AvgIpc) is 2.78. The van der Waals surface area contributed by atoms with Crippen molar-refractivity contribution < 1.29 is 14.6 Å².